The number of halogens is 2. The highest BCUT2D eigenvalue weighted by Gasteiger charge is 2.23. The molecule has 0 spiro atoms. The van der Waals surface area contributed by atoms with Gasteiger partial charge in [-0.2, -0.15) is 0 Å². The van der Waals surface area contributed by atoms with Crippen molar-refractivity contribution in [3.8, 4) is 0 Å². The lowest BCUT2D eigenvalue weighted by Crippen LogP contribution is -2.09. The molecule has 1 heterocycles. The van der Waals surface area contributed by atoms with E-state index >= 15 is 0 Å². The Morgan fingerprint density at radius 3 is 2.89 bits per heavy atom. The number of nitrogens with two attached hydrogens (primary N) is 1. The summed E-state index contributed by atoms with van der Waals surface area (Å²) < 4.78 is 1.93. The second-order valence-electron chi connectivity index (χ2n) is 4.68. The number of hydrogen-bond acceptors (Lipinski definition) is 3. The molecular formula is C14H13Br2N3. The van der Waals surface area contributed by atoms with Gasteiger partial charge in [-0.15, -0.1) is 0 Å². The van der Waals surface area contributed by atoms with E-state index in [1.165, 1.54) is 11.1 Å². The zero-order valence-corrected chi connectivity index (χ0v) is 13.3. The number of benzene rings is 1. The highest BCUT2D eigenvalue weighted by Crippen LogP contribution is 2.36. The van der Waals surface area contributed by atoms with Crippen LogP contribution in [0.5, 0.6) is 0 Å². The minimum atomic E-state index is 0.306. The quantitative estimate of drug-likeness (QED) is 0.761. The van der Waals surface area contributed by atoms with E-state index in [0.29, 0.717) is 6.04 Å². The number of aryl methyl sites for hydroxylation is 1. The van der Waals surface area contributed by atoms with Crippen LogP contribution in [0.2, 0.25) is 0 Å². The Morgan fingerprint density at radius 2 is 2.11 bits per heavy atom. The first kappa shape index (κ1) is 12.9. The van der Waals surface area contributed by atoms with Gasteiger partial charge in [-0.3, -0.25) is 0 Å². The number of nitrogens with zero attached hydrogens (tertiary/aromatic N) is 1. The van der Waals surface area contributed by atoms with Gasteiger partial charge in [-0.1, -0.05) is 6.07 Å². The average molecular weight is 383 g/mol. The van der Waals surface area contributed by atoms with Gasteiger partial charge >= 0.3 is 0 Å². The molecule has 0 bridgehead atoms. The maximum absolute atomic E-state index is 5.82. The van der Waals surface area contributed by atoms with Crippen molar-refractivity contribution in [1.29, 1.82) is 0 Å². The molecule has 5 heteroatoms. The third-order valence-corrected chi connectivity index (χ3v) is 4.40. The van der Waals surface area contributed by atoms with Crippen molar-refractivity contribution >= 4 is 43.4 Å². The van der Waals surface area contributed by atoms with E-state index in [0.717, 1.165) is 33.3 Å². The summed E-state index contributed by atoms with van der Waals surface area (Å²) in [5.74, 6) is 0.873. The van der Waals surface area contributed by atoms with Crippen molar-refractivity contribution < 1.29 is 0 Å². The number of pyridine rings is 1. The van der Waals surface area contributed by atoms with E-state index in [-0.39, 0.29) is 0 Å². The Balaban J connectivity index is 1.86. The van der Waals surface area contributed by atoms with Crippen molar-refractivity contribution in [2.75, 3.05) is 11.1 Å². The summed E-state index contributed by atoms with van der Waals surface area (Å²) in [6.07, 6.45) is 3.93. The Hall–Kier alpha value is -1.07. The molecular weight excluding hydrogens is 370 g/mol. The molecule has 1 aromatic carbocycles. The largest absolute Gasteiger partial charge is 0.399 e. The molecule has 1 unspecified atom stereocenters. The van der Waals surface area contributed by atoms with Gasteiger partial charge in [0, 0.05) is 16.4 Å². The minimum Gasteiger partial charge on any atom is -0.399 e. The molecule has 3 nitrogen and oxygen atoms in total. The van der Waals surface area contributed by atoms with E-state index < -0.39 is 0 Å². The van der Waals surface area contributed by atoms with Crippen LogP contribution in [0, 0.1) is 0 Å². The average Bonchev–Trinajstić information content (AvgIpc) is 2.75. The van der Waals surface area contributed by atoms with Crippen LogP contribution >= 0.6 is 31.9 Å². The first-order valence-corrected chi connectivity index (χ1v) is 7.68. The molecule has 1 aliphatic carbocycles. The summed E-state index contributed by atoms with van der Waals surface area (Å²) in [5, 5.41) is 3.49. The molecule has 0 amide bonds. The second-order valence-corrected chi connectivity index (χ2v) is 6.45. The Labute approximate surface area is 128 Å². The molecule has 3 rings (SSSR count). The van der Waals surface area contributed by atoms with Crippen LogP contribution in [0.15, 0.2) is 39.4 Å². The molecule has 0 aliphatic heterocycles. The summed E-state index contributed by atoms with van der Waals surface area (Å²) in [5.41, 5.74) is 9.32. The van der Waals surface area contributed by atoms with Crippen molar-refractivity contribution in [3.05, 3.63) is 50.5 Å². The Morgan fingerprint density at radius 1 is 1.26 bits per heavy atom. The maximum Gasteiger partial charge on any atom is 0.140 e. The van der Waals surface area contributed by atoms with E-state index in [2.05, 4.69) is 54.3 Å². The van der Waals surface area contributed by atoms with Crippen LogP contribution in [-0.2, 0) is 6.42 Å². The number of fused-ring (bicyclic) bond motifs is 1. The zero-order chi connectivity index (χ0) is 13.4. The fraction of sp³-hybridized carbons (Fsp3) is 0.214. The molecule has 3 N–H and O–H groups in total. The molecule has 2 aromatic rings. The van der Waals surface area contributed by atoms with Gasteiger partial charge in [0.1, 0.15) is 5.82 Å². The summed E-state index contributed by atoms with van der Waals surface area (Å²) in [7, 11) is 0. The van der Waals surface area contributed by atoms with Crippen LogP contribution in [0.1, 0.15) is 23.6 Å². The summed E-state index contributed by atoms with van der Waals surface area (Å²) >= 11 is 6.94. The lowest BCUT2D eigenvalue weighted by Gasteiger charge is -2.16. The molecule has 98 valence electrons. The number of nitrogen functional groups attached to an aromatic ring is 1. The fourth-order valence-electron chi connectivity index (χ4n) is 2.47. The van der Waals surface area contributed by atoms with Gasteiger partial charge in [0.15, 0.2) is 0 Å². The fourth-order valence-corrected chi connectivity index (χ4v) is 3.58. The first-order chi connectivity index (χ1) is 9.13. The third kappa shape index (κ3) is 2.62. The normalized spacial score (nSPS) is 17.3. The smallest absolute Gasteiger partial charge is 0.140 e. The number of nitrogens with one attached hydrogen (secondary N) is 1. The van der Waals surface area contributed by atoms with Crippen LogP contribution in [0.25, 0.3) is 0 Å². The predicted molar refractivity (Wildman–Crippen MR) is 85.2 cm³/mol. The standard InChI is InChI=1S/C14H13Br2N3/c15-9-6-12(16)14(18-7-9)19-13-4-1-8-5-10(17)2-3-11(8)13/h2-3,5-7,13H,1,4,17H2,(H,18,19). The summed E-state index contributed by atoms with van der Waals surface area (Å²) in [6.45, 7) is 0. The minimum absolute atomic E-state index is 0.306. The number of rotatable bonds is 2. The summed E-state index contributed by atoms with van der Waals surface area (Å²) in [6, 6.07) is 8.45. The van der Waals surface area contributed by atoms with Crippen LogP contribution in [0.3, 0.4) is 0 Å². The SMILES string of the molecule is Nc1ccc2c(c1)CCC2Nc1ncc(Br)cc1Br. The van der Waals surface area contributed by atoms with Crippen molar-refractivity contribution in [2.24, 2.45) is 0 Å². The number of anilines is 2. The number of aromatic nitrogens is 1. The molecule has 0 radical (unpaired) electrons. The van der Waals surface area contributed by atoms with Gasteiger partial charge in [0.05, 0.1) is 10.5 Å². The van der Waals surface area contributed by atoms with Gasteiger partial charge < -0.3 is 11.1 Å². The molecule has 1 aromatic heterocycles. The summed E-state index contributed by atoms with van der Waals surface area (Å²) in [4.78, 5) is 4.40. The van der Waals surface area contributed by atoms with Crippen molar-refractivity contribution in [3.63, 3.8) is 0 Å². The van der Waals surface area contributed by atoms with Crippen LogP contribution in [0.4, 0.5) is 11.5 Å². The second kappa shape index (κ2) is 5.13. The lowest BCUT2D eigenvalue weighted by molar-refractivity contribution is 0.756. The molecule has 1 aliphatic rings. The third-order valence-electron chi connectivity index (χ3n) is 3.36. The van der Waals surface area contributed by atoms with E-state index in [4.69, 9.17) is 5.73 Å². The van der Waals surface area contributed by atoms with Gasteiger partial charge in [-0.05, 0) is 74.0 Å². The molecule has 1 atom stereocenters. The number of hydrogen-bond donors (Lipinski definition) is 2. The van der Waals surface area contributed by atoms with Gasteiger partial charge in [-0.25, -0.2) is 4.98 Å². The van der Waals surface area contributed by atoms with Crippen LogP contribution in [-0.4, -0.2) is 4.98 Å². The Kier molecular flexibility index (Phi) is 3.50. The highest BCUT2D eigenvalue weighted by molar-refractivity contribution is 9.11. The van der Waals surface area contributed by atoms with Crippen molar-refractivity contribution in [2.45, 2.75) is 18.9 Å². The highest BCUT2D eigenvalue weighted by atomic mass is 79.9. The van der Waals surface area contributed by atoms with Crippen molar-refractivity contribution in [1.82, 2.24) is 4.98 Å². The first-order valence-electron chi connectivity index (χ1n) is 6.09. The predicted octanol–water partition coefficient (Wildman–Crippen LogP) is 4.29. The molecule has 0 saturated carbocycles. The van der Waals surface area contributed by atoms with E-state index in [1.807, 2.05) is 12.1 Å². The van der Waals surface area contributed by atoms with Gasteiger partial charge in [0.25, 0.3) is 0 Å². The zero-order valence-electron chi connectivity index (χ0n) is 10.2. The molecule has 0 saturated heterocycles. The molecule has 19 heavy (non-hydrogen) atoms. The molecule has 0 fully saturated rings. The Bertz CT molecular complexity index is 628. The van der Waals surface area contributed by atoms with E-state index in [9.17, 15) is 0 Å². The lowest BCUT2D eigenvalue weighted by atomic mass is 10.1. The topological polar surface area (TPSA) is 50.9 Å². The monoisotopic (exact) mass is 381 g/mol. The van der Waals surface area contributed by atoms with E-state index in [1.54, 1.807) is 6.20 Å². The van der Waals surface area contributed by atoms with Gasteiger partial charge in [0.2, 0.25) is 0 Å². The maximum atomic E-state index is 5.82. The van der Waals surface area contributed by atoms with Crippen LogP contribution < -0.4 is 11.1 Å².